The van der Waals surface area contributed by atoms with Gasteiger partial charge in [-0.1, -0.05) is 0 Å². The summed E-state index contributed by atoms with van der Waals surface area (Å²) >= 11 is 0. The normalized spacial score (nSPS) is 20.2. The van der Waals surface area contributed by atoms with E-state index in [1.165, 1.54) is 4.68 Å². The molecule has 7 nitrogen and oxygen atoms in total. The Morgan fingerprint density at radius 1 is 1.71 bits per heavy atom. The number of anilines is 1. The van der Waals surface area contributed by atoms with E-state index in [-0.39, 0.29) is 18.4 Å². The van der Waals surface area contributed by atoms with Crippen molar-refractivity contribution >= 4 is 17.6 Å². The largest absolute Gasteiger partial charge is 0.382 e. The Morgan fingerprint density at radius 2 is 2.47 bits per heavy atom. The first kappa shape index (κ1) is 11.4. The lowest BCUT2D eigenvalue weighted by atomic mass is 10.2. The molecule has 1 saturated heterocycles. The van der Waals surface area contributed by atoms with Gasteiger partial charge in [0.15, 0.2) is 0 Å². The molecule has 7 heteroatoms. The minimum absolute atomic E-state index is 0.106. The van der Waals surface area contributed by atoms with Crippen molar-refractivity contribution in [2.75, 3.05) is 18.8 Å². The van der Waals surface area contributed by atoms with E-state index in [4.69, 9.17) is 5.73 Å². The number of nitrogen functional groups attached to an aromatic ring is 1. The van der Waals surface area contributed by atoms with Gasteiger partial charge in [-0.05, 0) is 13.0 Å². The average Bonchev–Trinajstić information content (AvgIpc) is 2.68. The quantitative estimate of drug-likeness (QED) is 0.676. The predicted molar refractivity (Wildman–Crippen MR) is 60.8 cm³/mol. The van der Waals surface area contributed by atoms with Gasteiger partial charge in [-0.15, -0.1) is 0 Å². The van der Waals surface area contributed by atoms with Gasteiger partial charge in [0.25, 0.3) is 0 Å². The van der Waals surface area contributed by atoms with E-state index < -0.39 is 6.04 Å². The van der Waals surface area contributed by atoms with Gasteiger partial charge >= 0.3 is 0 Å². The van der Waals surface area contributed by atoms with Crippen molar-refractivity contribution in [3.8, 4) is 0 Å². The van der Waals surface area contributed by atoms with Crippen LogP contribution in [0.2, 0.25) is 0 Å². The van der Waals surface area contributed by atoms with Crippen LogP contribution in [0.15, 0.2) is 12.3 Å². The first-order valence-corrected chi connectivity index (χ1v) is 5.44. The number of hydrogen-bond acceptors (Lipinski definition) is 4. The number of rotatable bonds is 2. The maximum absolute atomic E-state index is 12.0. The van der Waals surface area contributed by atoms with Crippen LogP contribution in [-0.4, -0.2) is 45.6 Å². The van der Waals surface area contributed by atoms with Gasteiger partial charge in [0.2, 0.25) is 11.8 Å². The second-order valence-corrected chi connectivity index (χ2v) is 3.99. The molecule has 2 amide bonds. The Morgan fingerprint density at radius 3 is 3.12 bits per heavy atom. The lowest BCUT2D eigenvalue weighted by Crippen LogP contribution is -2.56. The average molecular weight is 237 g/mol. The lowest BCUT2D eigenvalue weighted by molar-refractivity contribution is -0.143. The zero-order valence-electron chi connectivity index (χ0n) is 9.59. The van der Waals surface area contributed by atoms with Gasteiger partial charge in [-0.3, -0.25) is 14.3 Å². The number of carbonyl (C=O) groups is 2. The van der Waals surface area contributed by atoms with Crippen LogP contribution in [0.3, 0.4) is 0 Å². The van der Waals surface area contributed by atoms with Crippen molar-refractivity contribution < 1.29 is 9.59 Å². The van der Waals surface area contributed by atoms with Crippen LogP contribution in [0, 0.1) is 0 Å². The summed E-state index contributed by atoms with van der Waals surface area (Å²) in [5.41, 5.74) is 5.46. The Labute approximate surface area is 98.6 Å². The van der Waals surface area contributed by atoms with Crippen LogP contribution in [0.5, 0.6) is 0 Å². The summed E-state index contributed by atoms with van der Waals surface area (Å²) in [7, 11) is 0. The Hall–Kier alpha value is -2.05. The van der Waals surface area contributed by atoms with E-state index in [0.717, 1.165) is 0 Å². The highest BCUT2D eigenvalue weighted by Gasteiger charge is 2.29. The highest BCUT2D eigenvalue weighted by molar-refractivity contribution is 5.88. The van der Waals surface area contributed by atoms with Crippen molar-refractivity contribution in [2.45, 2.75) is 19.5 Å². The second-order valence-electron chi connectivity index (χ2n) is 3.99. The van der Waals surface area contributed by atoms with Crippen molar-refractivity contribution in [1.82, 2.24) is 20.0 Å². The smallest absolute Gasteiger partial charge is 0.245 e. The number of carbonyl (C=O) groups excluding carboxylic acids is 2. The van der Waals surface area contributed by atoms with Crippen molar-refractivity contribution in [3.63, 3.8) is 0 Å². The summed E-state index contributed by atoms with van der Waals surface area (Å²) in [6.07, 6.45) is 1.64. The number of nitrogens with one attached hydrogen (secondary N) is 1. The fourth-order valence-electron chi connectivity index (χ4n) is 1.82. The summed E-state index contributed by atoms with van der Waals surface area (Å²) in [6, 6.07) is 1.20. The fourth-order valence-corrected chi connectivity index (χ4v) is 1.82. The van der Waals surface area contributed by atoms with Crippen LogP contribution in [-0.2, 0) is 16.1 Å². The molecule has 1 unspecified atom stereocenters. The number of nitrogens with two attached hydrogens (primary N) is 1. The van der Waals surface area contributed by atoms with E-state index in [1.807, 2.05) is 0 Å². The van der Waals surface area contributed by atoms with Crippen LogP contribution in [0.25, 0.3) is 0 Å². The van der Waals surface area contributed by atoms with Crippen molar-refractivity contribution in [2.24, 2.45) is 0 Å². The maximum Gasteiger partial charge on any atom is 0.245 e. The van der Waals surface area contributed by atoms with E-state index in [0.29, 0.717) is 18.9 Å². The van der Waals surface area contributed by atoms with Gasteiger partial charge in [0.1, 0.15) is 18.4 Å². The molecule has 0 aliphatic carbocycles. The molecule has 0 bridgehead atoms. The number of piperazine rings is 1. The summed E-state index contributed by atoms with van der Waals surface area (Å²) < 4.78 is 1.47. The molecule has 17 heavy (non-hydrogen) atoms. The van der Waals surface area contributed by atoms with Crippen LogP contribution < -0.4 is 11.1 Å². The van der Waals surface area contributed by atoms with Gasteiger partial charge in [-0.2, -0.15) is 5.10 Å². The Kier molecular flexibility index (Phi) is 2.99. The third kappa shape index (κ3) is 2.38. The zero-order chi connectivity index (χ0) is 12.4. The molecule has 0 spiro atoms. The Balaban J connectivity index is 2.02. The second kappa shape index (κ2) is 4.44. The van der Waals surface area contributed by atoms with Crippen molar-refractivity contribution in [3.05, 3.63) is 12.3 Å². The molecule has 0 saturated carbocycles. The van der Waals surface area contributed by atoms with E-state index in [1.54, 1.807) is 24.1 Å². The minimum atomic E-state index is -0.427. The van der Waals surface area contributed by atoms with Crippen LogP contribution in [0.1, 0.15) is 6.92 Å². The number of hydrogen-bond donors (Lipinski definition) is 2. The molecule has 92 valence electrons. The molecular weight excluding hydrogens is 222 g/mol. The van der Waals surface area contributed by atoms with Gasteiger partial charge in [0, 0.05) is 19.3 Å². The number of aromatic nitrogens is 2. The van der Waals surface area contributed by atoms with Crippen LogP contribution in [0.4, 0.5) is 5.82 Å². The SMILES string of the molecule is CC1C(=O)NCCN1C(=O)Cn1ccc(N)n1. The summed E-state index contributed by atoms with van der Waals surface area (Å²) in [5, 5.41) is 6.65. The topological polar surface area (TPSA) is 93.2 Å². The molecule has 1 fully saturated rings. The molecule has 0 aromatic carbocycles. The van der Waals surface area contributed by atoms with E-state index in [9.17, 15) is 9.59 Å². The third-order valence-electron chi connectivity index (χ3n) is 2.78. The van der Waals surface area contributed by atoms with Crippen LogP contribution >= 0.6 is 0 Å². The van der Waals surface area contributed by atoms with Crippen molar-refractivity contribution in [1.29, 1.82) is 0 Å². The van der Waals surface area contributed by atoms with Gasteiger partial charge in [0.05, 0.1) is 0 Å². The summed E-state index contributed by atoms with van der Waals surface area (Å²) in [6.45, 7) is 2.84. The first-order chi connectivity index (χ1) is 8.08. The highest BCUT2D eigenvalue weighted by atomic mass is 16.2. The Bertz CT molecular complexity index is 442. The zero-order valence-corrected chi connectivity index (χ0v) is 9.59. The predicted octanol–water partition coefficient (Wildman–Crippen LogP) is -1.19. The number of nitrogens with zero attached hydrogens (tertiary/aromatic N) is 3. The number of amides is 2. The molecule has 1 aromatic heterocycles. The molecule has 3 N–H and O–H groups in total. The summed E-state index contributed by atoms with van der Waals surface area (Å²) in [5.74, 6) is 0.127. The van der Waals surface area contributed by atoms with Gasteiger partial charge < -0.3 is 16.0 Å². The lowest BCUT2D eigenvalue weighted by Gasteiger charge is -2.32. The van der Waals surface area contributed by atoms with E-state index in [2.05, 4.69) is 10.4 Å². The molecule has 0 radical (unpaired) electrons. The molecule has 1 aliphatic rings. The molecule has 1 atom stereocenters. The minimum Gasteiger partial charge on any atom is -0.382 e. The molecular formula is C10H15N5O2. The standard InChI is InChI=1S/C10H15N5O2/c1-7-10(17)12-3-5-15(7)9(16)6-14-4-2-8(11)13-14/h2,4,7H,3,5-6H2,1H3,(H2,11,13)(H,12,17). The monoisotopic (exact) mass is 237 g/mol. The molecule has 2 rings (SSSR count). The maximum atomic E-state index is 12.0. The first-order valence-electron chi connectivity index (χ1n) is 5.44. The fraction of sp³-hybridized carbons (Fsp3) is 0.500. The highest BCUT2D eigenvalue weighted by Crippen LogP contribution is 2.06. The third-order valence-corrected chi connectivity index (χ3v) is 2.78. The summed E-state index contributed by atoms with van der Waals surface area (Å²) in [4.78, 5) is 24.9. The molecule has 2 heterocycles. The molecule has 1 aliphatic heterocycles. The van der Waals surface area contributed by atoms with Gasteiger partial charge in [-0.25, -0.2) is 0 Å². The van der Waals surface area contributed by atoms with E-state index >= 15 is 0 Å². The molecule has 1 aromatic rings.